The van der Waals surface area contributed by atoms with Crippen LogP contribution in [-0.4, -0.2) is 15.4 Å². The van der Waals surface area contributed by atoms with Gasteiger partial charge in [-0.05, 0) is 12.1 Å². The lowest BCUT2D eigenvalue weighted by Gasteiger charge is -1.83. The van der Waals surface area contributed by atoms with E-state index >= 15 is 0 Å². The van der Waals surface area contributed by atoms with E-state index < -0.39 is 0 Å². The smallest absolute Gasteiger partial charge is 0.163 e. The molecule has 0 bridgehead atoms. The molecular formula is C6H5N3OS. The number of furan rings is 1. The first-order valence-corrected chi connectivity index (χ1v) is 3.45. The van der Waals surface area contributed by atoms with E-state index in [0.29, 0.717) is 16.1 Å². The van der Waals surface area contributed by atoms with Gasteiger partial charge in [-0.15, -0.1) is 0 Å². The molecule has 0 aliphatic rings. The highest BCUT2D eigenvalue weighted by Gasteiger charge is 2.04. The Balaban J connectivity index is 2.62. The number of aromatic amines is 2. The molecule has 2 aromatic heterocycles. The predicted octanol–water partition coefficient (Wildman–Crippen LogP) is 1.73. The molecule has 0 saturated carbocycles. The molecule has 5 heteroatoms. The van der Waals surface area contributed by atoms with Crippen molar-refractivity contribution in [3.63, 3.8) is 0 Å². The molecule has 56 valence electrons. The maximum Gasteiger partial charge on any atom is 0.163 e. The number of nitrogens with one attached hydrogen (secondary N) is 2. The average molecular weight is 167 g/mol. The normalized spacial score (nSPS) is 10.2. The van der Waals surface area contributed by atoms with E-state index in [9.17, 15) is 0 Å². The lowest BCUT2D eigenvalue weighted by Crippen LogP contribution is -1.72. The van der Waals surface area contributed by atoms with Gasteiger partial charge in [0.2, 0.25) is 0 Å². The van der Waals surface area contributed by atoms with Gasteiger partial charge in [0, 0.05) is 0 Å². The van der Waals surface area contributed by atoms with Gasteiger partial charge in [0.15, 0.2) is 16.1 Å². The largest absolute Gasteiger partial charge is 0.463 e. The van der Waals surface area contributed by atoms with E-state index in [0.717, 1.165) is 0 Å². The summed E-state index contributed by atoms with van der Waals surface area (Å²) in [5.41, 5.74) is 0.644. The number of rotatable bonds is 1. The van der Waals surface area contributed by atoms with E-state index in [-0.39, 0.29) is 0 Å². The van der Waals surface area contributed by atoms with Crippen molar-refractivity contribution in [2.75, 3.05) is 0 Å². The molecule has 0 atom stereocenters. The van der Waals surface area contributed by atoms with Crippen LogP contribution in [0.4, 0.5) is 0 Å². The first-order valence-electron chi connectivity index (χ1n) is 3.05. The van der Waals surface area contributed by atoms with Crippen LogP contribution >= 0.6 is 12.2 Å². The molecule has 2 N–H and O–H groups in total. The second-order valence-electron chi connectivity index (χ2n) is 2.00. The van der Waals surface area contributed by atoms with E-state index in [1.165, 1.54) is 0 Å². The number of hydrogen-bond acceptors (Lipinski definition) is 3. The van der Waals surface area contributed by atoms with Gasteiger partial charge in [-0.25, -0.2) is 5.21 Å². The van der Waals surface area contributed by atoms with Crippen molar-refractivity contribution in [2.45, 2.75) is 0 Å². The Morgan fingerprint density at radius 2 is 2.45 bits per heavy atom. The van der Waals surface area contributed by atoms with Crippen LogP contribution in [0.3, 0.4) is 0 Å². The van der Waals surface area contributed by atoms with Gasteiger partial charge >= 0.3 is 0 Å². The molecule has 0 saturated heterocycles. The molecule has 0 unspecified atom stereocenters. The standard InChI is InChI=1S/C6H5N3OS/c11-6-5(7-9-8-6)4-2-1-3-10-4/h1-3H,(H2,7,8,9,11). The number of aromatic nitrogens is 3. The number of nitrogens with zero attached hydrogens (tertiary/aromatic N) is 1. The van der Waals surface area contributed by atoms with E-state index in [1.807, 2.05) is 0 Å². The first-order chi connectivity index (χ1) is 5.38. The Bertz CT molecular complexity index is 386. The SMILES string of the molecule is S=c1[nH][nH]nc1-c1ccco1. The summed E-state index contributed by atoms with van der Waals surface area (Å²) >= 11 is 4.92. The van der Waals surface area contributed by atoms with Crippen LogP contribution in [0, 0.1) is 4.64 Å². The molecule has 0 spiro atoms. The van der Waals surface area contributed by atoms with Crippen molar-refractivity contribution in [3.05, 3.63) is 23.0 Å². The average Bonchev–Trinajstić information content (AvgIpc) is 2.55. The van der Waals surface area contributed by atoms with Crippen molar-refractivity contribution in [1.82, 2.24) is 15.4 Å². The second kappa shape index (κ2) is 2.35. The Morgan fingerprint density at radius 1 is 1.55 bits per heavy atom. The van der Waals surface area contributed by atoms with Crippen molar-refractivity contribution >= 4 is 12.2 Å². The monoisotopic (exact) mass is 167 g/mol. The van der Waals surface area contributed by atoms with E-state index in [2.05, 4.69) is 15.4 Å². The molecule has 0 aliphatic carbocycles. The maximum atomic E-state index is 5.09. The zero-order valence-electron chi connectivity index (χ0n) is 5.50. The number of hydrogen-bond donors (Lipinski definition) is 2. The van der Waals surface area contributed by atoms with Gasteiger partial charge in [-0.1, -0.05) is 12.2 Å². The van der Waals surface area contributed by atoms with Crippen molar-refractivity contribution in [3.8, 4) is 11.5 Å². The van der Waals surface area contributed by atoms with Gasteiger partial charge < -0.3 is 4.42 Å². The highest BCUT2D eigenvalue weighted by molar-refractivity contribution is 7.71. The quantitative estimate of drug-likeness (QED) is 0.636. The fourth-order valence-corrected chi connectivity index (χ4v) is 1.02. The van der Waals surface area contributed by atoms with Crippen LogP contribution in [0.1, 0.15) is 0 Å². The summed E-state index contributed by atoms with van der Waals surface area (Å²) in [6, 6.07) is 3.60. The summed E-state index contributed by atoms with van der Waals surface area (Å²) in [5, 5.41) is 9.10. The highest BCUT2D eigenvalue weighted by atomic mass is 32.1. The molecule has 0 amide bonds. The fraction of sp³-hybridized carbons (Fsp3) is 0. The molecule has 4 nitrogen and oxygen atoms in total. The third kappa shape index (κ3) is 0.988. The Hall–Kier alpha value is -1.36. The third-order valence-corrected chi connectivity index (χ3v) is 1.60. The minimum Gasteiger partial charge on any atom is -0.463 e. The topological polar surface area (TPSA) is 57.6 Å². The van der Waals surface area contributed by atoms with Crippen LogP contribution in [0.2, 0.25) is 0 Å². The summed E-state index contributed by atoms with van der Waals surface area (Å²) in [5.74, 6) is 0.674. The molecule has 0 aromatic carbocycles. The van der Waals surface area contributed by atoms with Gasteiger partial charge in [0.25, 0.3) is 0 Å². The zero-order valence-corrected chi connectivity index (χ0v) is 6.31. The lowest BCUT2D eigenvalue weighted by molar-refractivity contribution is 0.579. The lowest BCUT2D eigenvalue weighted by atomic mass is 10.4. The molecule has 11 heavy (non-hydrogen) atoms. The minimum absolute atomic E-state index is 0.556. The molecule has 0 radical (unpaired) electrons. The van der Waals surface area contributed by atoms with Gasteiger partial charge in [-0.3, -0.25) is 5.10 Å². The minimum atomic E-state index is 0.556. The molecular weight excluding hydrogens is 162 g/mol. The van der Waals surface area contributed by atoms with Crippen LogP contribution in [0.15, 0.2) is 22.8 Å². The molecule has 0 aliphatic heterocycles. The summed E-state index contributed by atoms with van der Waals surface area (Å²) < 4.78 is 5.65. The molecule has 2 aromatic rings. The Labute approximate surface area is 67.2 Å². The Kier molecular flexibility index (Phi) is 1.36. The van der Waals surface area contributed by atoms with Gasteiger partial charge in [-0.2, -0.15) is 5.10 Å². The van der Waals surface area contributed by atoms with Crippen LogP contribution in [0.25, 0.3) is 11.5 Å². The van der Waals surface area contributed by atoms with Crippen LogP contribution in [0.5, 0.6) is 0 Å². The van der Waals surface area contributed by atoms with Gasteiger partial charge in [0.05, 0.1) is 6.26 Å². The first kappa shape index (κ1) is 6.36. The summed E-state index contributed by atoms with van der Waals surface area (Å²) in [7, 11) is 0. The predicted molar refractivity (Wildman–Crippen MR) is 41.5 cm³/mol. The van der Waals surface area contributed by atoms with Gasteiger partial charge in [0.1, 0.15) is 0 Å². The van der Waals surface area contributed by atoms with E-state index in [1.54, 1.807) is 18.4 Å². The second-order valence-corrected chi connectivity index (χ2v) is 2.41. The summed E-state index contributed by atoms with van der Waals surface area (Å²) in [6.07, 6.45) is 1.58. The summed E-state index contributed by atoms with van der Waals surface area (Å²) in [4.78, 5) is 0. The zero-order chi connectivity index (χ0) is 7.68. The third-order valence-electron chi connectivity index (χ3n) is 1.31. The molecule has 0 fully saturated rings. The van der Waals surface area contributed by atoms with Crippen molar-refractivity contribution in [2.24, 2.45) is 0 Å². The van der Waals surface area contributed by atoms with Crippen LogP contribution in [-0.2, 0) is 0 Å². The number of H-pyrrole nitrogens is 2. The molecule has 2 rings (SSSR count). The van der Waals surface area contributed by atoms with Crippen molar-refractivity contribution in [1.29, 1.82) is 0 Å². The maximum absolute atomic E-state index is 5.09. The summed E-state index contributed by atoms with van der Waals surface area (Å²) in [6.45, 7) is 0. The van der Waals surface area contributed by atoms with Crippen molar-refractivity contribution < 1.29 is 4.42 Å². The van der Waals surface area contributed by atoms with E-state index in [4.69, 9.17) is 16.6 Å². The molecule has 2 heterocycles. The van der Waals surface area contributed by atoms with Crippen LogP contribution < -0.4 is 0 Å². The highest BCUT2D eigenvalue weighted by Crippen LogP contribution is 2.16. The fourth-order valence-electron chi connectivity index (χ4n) is 0.825. The Morgan fingerprint density at radius 3 is 3.00 bits per heavy atom.